The van der Waals surface area contributed by atoms with Crippen molar-refractivity contribution in [3.05, 3.63) is 28.2 Å². The molecular weight excluding hydrogens is 314 g/mol. The van der Waals surface area contributed by atoms with E-state index in [1.54, 1.807) is 0 Å². The van der Waals surface area contributed by atoms with E-state index >= 15 is 0 Å². The molecule has 4 heteroatoms. The zero-order chi connectivity index (χ0) is 14.1. The number of nitriles is 1. The lowest BCUT2D eigenvalue weighted by atomic mass is 9.97. The van der Waals surface area contributed by atoms with Gasteiger partial charge in [-0.05, 0) is 50.8 Å². The lowest BCUT2D eigenvalue weighted by Crippen LogP contribution is -2.48. The molecule has 1 N–H and O–H groups in total. The highest BCUT2D eigenvalue weighted by Gasteiger charge is 2.35. The summed E-state index contributed by atoms with van der Waals surface area (Å²) in [7, 11) is 0. The Morgan fingerprint density at radius 3 is 2.60 bits per heavy atom. The van der Waals surface area contributed by atoms with Crippen molar-refractivity contribution in [1.29, 1.82) is 5.26 Å². The summed E-state index contributed by atoms with van der Waals surface area (Å²) in [5, 5.41) is 12.8. The number of anilines is 1. The monoisotopic (exact) mass is 333 g/mol. The number of halogens is 1. The summed E-state index contributed by atoms with van der Waals surface area (Å²) in [5.74, 6) is 0. The molecule has 3 rings (SSSR count). The average Bonchev–Trinajstić information content (AvgIpc) is 2.78. The van der Waals surface area contributed by atoms with Gasteiger partial charge in [-0.25, -0.2) is 0 Å². The average molecular weight is 334 g/mol. The first kappa shape index (κ1) is 13.9. The van der Waals surface area contributed by atoms with Crippen molar-refractivity contribution in [2.45, 2.75) is 50.7 Å². The van der Waals surface area contributed by atoms with Crippen molar-refractivity contribution in [2.24, 2.45) is 0 Å². The minimum absolute atomic E-state index is 0.597. The zero-order valence-corrected chi connectivity index (χ0v) is 13.4. The van der Waals surface area contributed by atoms with Crippen LogP contribution in [0.5, 0.6) is 0 Å². The van der Waals surface area contributed by atoms with Gasteiger partial charge in [0, 0.05) is 34.8 Å². The van der Waals surface area contributed by atoms with Crippen LogP contribution < -0.4 is 10.2 Å². The van der Waals surface area contributed by atoms with Crippen LogP contribution in [0.15, 0.2) is 22.7 Å². The maximum atomic E-state index is 9.15. The van der Waals surface area contributed by atoms with Crippen LogP contribution in [0.4, 0.5) is 5.69 Å². The fourth-order valence-corrected chi connectivity index (χ4v) is 4.22. The highest BCUT2D eigenvalue weighted by molar-refractivity contribution is 9.10. The number of hydrogen-bond acceptors (Lipinski definition) is 3. The lowest BCUT2D eigenvalue weighted by Gasteiger charge is -2.39. The molecule has 2 atom stereocenters. The van der Waals surface area contributed by atoms with Gasteiger partial charge in [-0.1, -0.05) is 15.9 Å². The minimum atomic E-state index is 0.597. The number of piperidine rings is 1. The van der Waals surface area contributed by atoms with E-state index < -0.39 is 0 Å². The third-order valence-electron chi connectivity index (χ3n) is 4.57. The van der Waals surface area contributed by atoms with Gasteiger partial charge in [-0.2, -0.15) is 5.26 Å². The van der Waals surface area contributed by atoms with E-state index in [1.807, 2.05) is 12.1 Å². The second kappa shape index (κ2) is 5.75. The molecule has 106 valence electrons. The first-order chi connectivity index (χ1) is 9.69. The summed E-state index contributed by atoms with van der Waals surface area (Å²) >= 11 is 3.52. The molecule has 0 saturated carbocycles. The Morgan fingerprint density at radius 1 is 1.30 bits per heavy atom. The minimum Gasteiger partial charge on any atom is -0.369 e. The molecule has 0 radical (unpaired) electrons. The van der Waals surface area contributed by atoms with E-state index in [0.29, 0.717) is 18.1 Å². The molecule has 2 heterocycles. The Bertz CT molecular complexity index is 525. The van der Waals surface area contributed by atoms with Crippen LogP contribution in [0, 0.1) is 11.3 Å². The summed E-state index contributed by atoms with van der Waals surface area (Å²) in [6.45, 7) is 3.20. The first-order valence-electron chi connectivity index (χ1n) is 7.43. The number of nitrogens with one attached hydrogen (secondary N) is 1. The highest BCUT2D eigenvalue weighted by atomic mass is 79.9. The molecule has 2 unspecified atom stereocenters. The van der Waals surface area contributed by atoms with Crippen LogP contribution >= 0.6 is 15.9 Å². The van der Waals surface area contributed by atoms with Crippen molar-refractivity contribution in [3.63, 3.8) is 0 Å². The largest absolute Gasteiger partial charge is 0.369 e. The van der Waals surface area contributed by atoms with Gasteiger partial charge in [0.25, 0.3) is 0 Å². The highest BCUT2D eigenvalue weighted by Crippen LogP contribution is 2.33. The number of hydrogen-bond donors (Lipinski definition) is 1. The summed E-state index contributed by atoms with van der Waals surface area (Å²) in [5.41, 5.74) is 1.90. The van der Waals surface area contributed by atoms with Crippen molar-refractivity contribution in [2.75, 3.05) is 11.4 Å². The molecule has 1 aromatic carbocycles. The third kappa shape index (κ3) is 2.70. The van der Waals surface area contributed by atoms with Crippen LogP contribution in [0.1, 0.15) is 38.2 Å². The van der Waals surface area contributed by atoms with E-state index in [1.165, 1.54) is 31.4 Å². The van der Waals surface area contributed by atoms with E-state index in [4.69, 9.17) is 5.26 Å². The third-order valence-corrected chi connectivity index (χ3v) is 5.03. The maximum absolute atomic E-state index is 9.15. The van der Waals surface area contributed by atoms with Gasteiger partial charge >= 0.3 is 0 Å². The van der Waals surface area contributed by atoms with Crippen LogP contribution in [0.3, 0.4) is 0 Å². The quantitative estimate of drug-likeness (QED) is 0.920. The van der Waals surface area contributed by atoms with Crippen molar-refractivity contribution in [1.82, 2.24) is 5.32 Å². The molecule has 0 spiro atoms. The maximum Gasteiger partial charge on any atom is 0.0992 e. The predicted octanol–water partition coefficient (Wildman–Crippen LogP) is 3.43. The summed E-state index contributed by atoms with van der Waals surface area (Å²) in [6, 6.07) is 10.3. The molecule has 2 aliphatic rings. The van der Waals surface area contributed by atoms with Crippen LogP contribution in [-0.4, -0.2) is 24.7 Å². The van der Waals surface area contributed by atoms with Crippen LogP contribution in [0.25, 0.3) is 0 Å². The Morgan fingerprint density at radius 2 is 2.00 bits per heavy atom. The number of nitrogens with zero attached hydrogens (tertiary/aromatic N) is 2. The molecule has 2 bridgehead atoms. The first-order valence-corrected chi connectivity index (χ1v) is 8.22. The van der Waals surface area contributed by atoms with Gasteiger partial charge in [-0.3, -0.25) is 0 Å². The van der Waals surface area contributed by atoms with Gasteiger partial charge in [0.1, 0.15) is 0 Å². The fraction of sp³-hybridized carbons (Fsp3) is 0.562. The topological polar surface area (TPSA) is 39.1 Å². The van der Waals surface area contributed by atoms with Crippen molar-refractivity contribution >= 4 is 21.6 Å². The molecule has 2 aliphatic heterocycles. The van der Waals surface area contributed by atoms with Gasteiger partial charge in [0.05, 0.1) is 11.6 Å². The number of benzene rings is 1. The van der Waals surface area contributed by atoms with E-state index in [9.17, 15) is 0 Å². The molecule has 0 aromatic heterocycles. The second-order valence-electron chi connectivity index (χ2n) is 5.86. The molecular formula is C16H20BrN3. The molecule has 0 amide bonds. The molecule has 2 fully saturated rings. The van der Waals surface area contributed by atoms with Gasteiger partial charge < -0.3 is 10.2 Å². The predicted molar refractivity (Wildman–Crippen MR) is 84.8 cm³/mol. The Labute approximate surface area is 129 Å². The van der Waals surface area contributed by atoms with Gasteiger partial charge in [-0.15, -0.1) is 0 Å². The zero-order valence-electron chi connectivity index (χ0n) is 11.8. The molecule has 20 heavy (non-hydrogen) atoms. The lowest BCUT2D eigenvalue weighted by molar-refractivity contribution is 0.349. The number of fused-ring (bicyclic) bond motifs is 2. The molecule has 0 aliphatic carbocycles. The normalized spacial score (nSPS) is 28.1. The summed E-state index contributed by atoms with van der Waals surface area (Å²) < 4.78 is 0.988. The molecule has 3 nitrogen and oxygen atoms in total. The van der Waals surface area contributed by atoms with Gasteiger partial charge in [0.15, 0.2) is 0 Å². The Hall–Kier alpha value is -1.05. The fourth-order valence-electron chi connectivity index (χ4n) is 3.74. The summed E-state index contributed by atoms with van der Waals surface area (Å²) in [4.78, 5) is 2.47. The van der Waals surface area contributed by atoms with E-state index in [0.717, 1.165) is 16.6 Å². The van der Waals surface area contributed by atoms with Gasteiger partial charge in [0.2, 0.25) is 0 Å². The molecule has 2 saturated heterocycles. The van der Waals surface area contributed by atoms with E-state index in [2.05, 4.69) is 45.2 Å². The molecule has 1 aromatic rings. The van der Waals surface area contributed by atoms with E-state index in [-0.39, 0.29) is 0 Å². The smallest absolute Gasteiger partial charge is 0.0992 e. The standard InChI is InChI=1S/C16H20BrN3/c1-2-20(15-6-11(10-18)5-12(17)7-15)16-8-13-3-4-14(9-16)19-13/h5-7,13-14,16,19H,2-4,8-9H2,1H3. The van der Waals surface area contributed by atoms with Crippen LogP contribution in [-0.2, 0) is 0 Å². The second-order valence-corrected chi connectivity index (χ2v) is 6.77. The van der Waals surface area contributed by atoms with Crippen molar-refractivity contribution in [3.8, 4) is 6.07 Å². The Kier molecular flexibility index (Phi) is 4.00. The van der Waals surface area contributed by atoms with Crippen molar-refractivity contribution < 1.29 is 0 Å². The SMILES string of the molecule is CCN(c1cc(Br)cc(C#N)c1)C1CC2CCC(C1)N2. The number of rotatable bonds is 3. The summed E-state index contributed by atoms with van der Waals surface area (Å²) in [6.07, 6.45) is 5.08. The van der Waals surface area contributed by atoms with Crippen LogP contribution in [0.2, 0.25) is 0 Å². The Balaban J connectivity index is 1.86.